The number of guanidine groups is 1. The smallest absolute Gasteiger partial charge is 0.194 e. The molecule has 0 amide bonds. The Bertz CT molecular complexity index is 765. The molecule has 8 heteroatoms. The second-order valence-corrected chi connectivity index (χ2v) is 5.98. The maximum Gasteiger partial charge on any atom is 0.194 e. The van der Waals surface area contributed by atoms with Crippen LogP contribution in [0, 0.1) is 5.82 Å². The van der Waals surface area contributed by atoms with Gasteiger partial charge in [-0.25, -0.2) is 4.39 Å². The standard InChI is InChI=1S/C19H24FN5O.HI/c1-21-19(23-14-16-15(20)6-5-9-22-16)25-12-10-24(11-13-25)17-7-3-4-8-18(17)26-2;/h3-9H,10-14H2,1-2H3,(H,21,23);1H. The summed E-state index contributed by atoms with van der Waals surface area (Å²) in [7, 11) is 3.43. The van der Waals surface area contributed by atoms with Gasteiger partial charge in [0.1, 0.15) is 11.6 Å². The number of piperazine rings is 1. The maximum atomic E-state index is 13.7. The van der Waals surface area contributed by atoms with Crippen molar-refractivity contribution in [1.82, 2.24) is 15.2 Å². The summed E-state index contributed by atoms with van der Waals surface area (Å²) >= 11 is 0. The van der Waals surface area contributed by atoms with Gasteiger partial charge < -0.3 is 19.9 Å². The highest BCUT2D eigenvalue weighted by Gasteiger charge is 2.21. The number of halogens is 2. The number of rotatable bonds is 4. The van der Waals surface area contributed by atoms with Crippen molar-refractivity contribution in [2.45, 2.75) is 6.54 Å². The molecule has 6 nitrogen and oxygen atoms in total. The highest BCUT2D eigenvalue weighted by Crippen LogP contribution is 2.28. The molecule has 146 valence electrons. The highest BCUT2D eigenvalue weighted by molar-refractivity contribution is 14.0. The number of hydrogen-bond donors (Lipinski definition) is 1. The molecule has 0 spiro atoms. The van der Waals surface area contributed by atoms with Crippen molar-refractivity contribution >= 4 is 35.6 Å². The first-order valence-corrected chi connectivity index (χ1v) is 8.66. The zero-order valence-corrected chi connectivity index (χ0v) is 17.9. The van der Waals surface area contributed by atoms with E-state index in [1.807, 2.05) is 18.2 Å². The lowest BCUT2D eigenvalue weighted by Crippen LogP contribution is -2.52. The molecule has 1 aromatic carbocycles. The monoisotopic (exact) mass is 485 g/mol. The van der Waals surface area contributed by atoms with Crippen LogP contribution in [-0.4, -0.2) is 56.2 Å². The third-order valence-electron chi connectivity index (χ3n) is 4.47. The summed E-state index contributed by atoms with van der Waals surface area (Å²) in [5.41, 5.74) is 1.49. The third-order valence-corrected chi connectivity index (χ3v) is 4.47. The molecule has 1 aromatic heterocycles. The summed E-state index contributed by atoms with van der Waals surface area (Å²) in [6.45, 7) is 3.68. The van der Waals surface area contributed by atoms with Gasteiger partial charge in [0, 0.05) is 39.4 Å². The number of benzene rings is 1. The average Bonchev–Trinajstić information content (AvgIpc) is 2.70. The van der Waals surface area contributed by atoms with Gasteiger partial charge in [-0.1, -0.05) is 12.1 Å². The summed E-state index contributed by atoms with van der Waals surface area (Å²) in [4.78, 5) is 12.9. The number of aromatic nitrogens is 1. The molecule has 3 rings (SSSR count). The van der Waals surface area contributed by atoms with Gasteiger partial charge in [0.15, 0.2) is 5.96 Å². The SMILES string of the molecule is CN=C(NCc1ncccc1F)N1CCN(c2ccccc2OC)CC1.I. The molecule has 2 aromatic rings. The van der Waals surface area contributed by atoms with Gasteiger partial charge in [0.05, 0.1) is 25.0 Å². The molecule has 1 saturated heterocycles. The molecule has 0 bridgehead atoms. The molecule has 1 aliphatic rings. The molecule has 1 aliphatic heterocycles. The van der Waals surface area contributed by atoms with Crippen molar-refractivity contribution in [3.63, 3.8) is 0 Å². The first-order chi connectivity index (χ1) is 12.7. The van der Waals surface area contributed by atoms with Crippen LogP contribution in [0.2, 0.25) is 0 Å². The van der Waals surface area contributed by atoms with E-state index in [1.165, 1.54) is 6.07 Å². The lowest BCUT2D eigenvalue weighted by molar-refractivity contribution is 0.366. The molecule has 1 N–H and O–H groups in total. The van der Waals surface area contributed by atoms with Crippen LogP contribution in [-0.2, 0) is 6.54 Å². The average molecular weight is 485 g/mol. The van der Waals surface area contributed by atoms with Crippen LogP contribution in [0.5, 0.6) is 5.75 Å². The molecule has 0 saturated carbocycles. The molecule has 2 heterocycles. The Morgan fingerprint density at radius 3 is 2.59 bits per heavy atom. The van der Waals surface area contributed by atoms with E-state index in [-0.39, 0.29) is 29.8 Å². The van der Waals surface area contributed by atoms with E-state index in [0.29, 0.717) is 12.2 Å². The van der Waals surface area contributed by atoms with Crippen LogP contribution in [0.15, 0.2) is 47.6 Å². The van der Waals surface area contributed by atoms with E-state index in [4.69, 9.17) is 4.74 Å². The number of hydrogen-bond acceptors (Lipinski definition) is 4. The fraction of sp³-hybridized carbons (Fsp3) is 0.368. The minimum absolute atomic E-state index is 0. The van der Waals surface area contributed by atoms with Gasteiger partial charge in [0.25, 0.3) is 0 Å². The predicted octanol–water partition coefficient (Wildman–Crippen LogP) is 2.74. The zero-order chi connectivity index (χ0) is 18.4. The van der Waals surface area contributed by atoms with Gasteiger partial charge in [-0.05, 0) is 24.3 Å². The second-order valence-electron chi connectivity index (χ2n) is 5.98. The molecular weight excluding hydrogens is 460 g/mol. The Kier molecular flexibility index (Phi) is 8.08. The van der Waals surface area contributed by atoms with Crippen molar-refractivity contribution in [2.24, 2.45) is 4.99 Å². The van der Waals surface area contributed by atoms with Crippen molar-refractivity contribution in [2.75, 3.05) is 45.2 Å². The normalized spacial score (nSPS) is 14.6. The first kappa shape index (κ1) is 21.2. The first-order valence-electron chi connectivity index (χ1n) is 8.66. The lowest BCUT2D eigenvalue weighted by Gasteiger charge is -2.38. The summed E-state index contributed by atoms with van der Waals surface area (Å²) < 4.78 is 19.2. The summed E-state index contributed by atoms with van der Waals surface area (Å²) in [5, 5.41) is 3.20. The topological polar surface area (TPSA) is 53.0 Å². The van der Waals surface area contributed by atoms with Crippen LogP contribution >= 0.6 is 24.0 Å². The molecule has 0 aliphatic carbocycles. The zero-order valence-electron chi connectivity index (χ0n) is 15.6. The number of aliphatic imine (C=N–C) groups is 1. The van der Waals surface area contributed by atoms with Gasteiger partial charge in [-0.3, -0.25) is 9.98 Å². The van der Waals surface area contributed by atoms with Crippen LogP contribution < -0.4 is 15.0 Å². The number of para-hydroxylation sites is 2. The quantitative estimate of drug-likeness (QED) is 0.410. The molecule has 0 radical (unpaired) electrons. The minimum atomic E-state index is -0.309. The van der Waals surface area contributed by atoms with Gasteiger partial charge >= 0.3 is 0 Å². The van der Waals surface area contributed by atoms with Crippen molar-refractivity contribution in [3.05, 3.63) is 54.1 Å². The molecule has 27 heavy (non-hydrogen) atoms. The minimum Gasteiger partial charge on any atom is -0.495 e. The van der Waals surface area contributed by atoms with E-state index in [2.05, 4.69) is 31.2 Å². The number of nitrogens with zero attached hydrogens (tertiary/aromatic N) is 4. The Morgan fingerprint density at radius 1 is 1.19 bits per heavy atom. The Morgan fingerprint density at radius 2 is 1.93 bits per heavy atom. The highest BCUT2D eigenvalue weighted by atomic mass is 127. The van der Waals surface area contributed by atoms with Gasteiger partial charge in [-0.15, -0.1) is 24.0 Å². The number of nitrogens with one attached hydrogen (secondary N) is 1. The third kappa shape index (κ3) is 5.21. The van der Waals surface area contributed by atoms with Crippen LogP contribution in [0.3, 0.4) is 0 Å². The maximum absolute atomic E-state index is 13.7. The van der Waals surface area contributed by atoms with E-state index < -0.39 is 0 Å². The van der Waals surface area contributed by atoms with Crippen LogP contribution in [0.4, 0.5) is 10.1 Å². The van der Waals surface area contributed by atoms with E-state index in [1.54, 1.807) is 26.4 Å². The molecule has 0 unspecified atom stereocenters. The molecular formula is C19H25FIN5O. The molecule has 0 atom stereocenters. The van der Waals surface area contributed by atoms with Crippen LogP contribution in [0.1, 0.15) is 5.69 Å². The van der Waals surface area contributed by atoms with Crippen molar-refractivity contribution < 1.29 is 9.13 Å². The van der Waals surface area contributed by atoms with Crippen molar-refractivity contribution in [1.29, 1.82) is 0 Å². The van der Waals surface area contributed by atoms with Gasteiger partial charge in [-0.2, -0.15) is 0 Å². The Labute approximate surface area is 176 Å². The second kappa shape index (κ2) is 10.3. The van der Waals surface area contributed by atoms with E-state index in [0.717, 1.165) is 43.6 Å². The summed E-state index contributed by atoms with van der Waals surface area (Å²) in [6, 6.07) is 11.0. The fourth-order valence-electron chi connectivity index (χ4n) is 3.09. The van der Waals surface area contributed by atoms with E-state index >= 15 is 0 Å². The number of anilines is 1. The Hall–Kier alpha value is -2.10. The molecule has 1 fully saturated rings. The number of pyridine rings is 1. The van der Waals surface area contributed by atoms with Crippen LogP contribution in [0.25, 0.3) is 0 Å². The summed E-state index contributed by atoms with van der Waals surface area (Å²) in [6.07, 6.45) is 1.59. The van der Waals surface area contributed by atoms with Gasteiger partial charge in [0.2, 0.25) is 0 Å². The largest absolute Gasteiger partial charge is 0.495 e. The van der Waals surface area contributed by atoms with Crippen molar-refractivity contribution in [3.8, 4) is 5.75 Å². The fourth-order valence-corrected chi connectivity index (χ4v) is 3.09. The number of methoxy groups -OCH3 is 1. The predicted molar refractivity (Wildman–Crippen MR) is 117 cm³/mol. The van der Waals surface area contributed by atoms with E-state index in [9.17, 15) is 4.39 Å². The Balaban J connectivity index is 0.00000261. The lowest BCUT2D eigenvalue weighted by atomic mass is 10.2. The number of ether oxygens (including phenoxy) is 1. The summed E-state index contributed by atoms with van der Waals surface area (Å²) in [5.74, 6) is 1.33.